The Balaban J connectivity index is 1.97. The minimum Gasteiger partial charge on any atom is -0.461 e. The number of carbonyl (C=O) groups is 2. The number of rotatable bonds is 7. The molecule has 1 heterocycles. The molecule has 0 spiro atoms. The molecule has 0 saturated carbocycles. The van der Waals surface area contributed by atoms with Crippen LogP contribution in [0.5, 0.6) is 0 Å². The third-order valence-electron chi connectivity index (χ3n) is 4.14. The Morgan fingerprint density at radius 3 is 2.44 bits per heavy atom. The molecule has 1 atom stereocenters. The van der Waals surface area contributed by atoms with Crippen molar-refractivity contribution >= 4 is 28.3 Å². The van der Waals surface area contributed by atoms with Gasteiger partial charge in [-0.05, 0) is 11.0 Å². The fourth-order valence-corrected chi connectivity index (χ4v) is 3.11. The lowest BCUT2D eigenvalue weighted by Gasteiger charge is -2.30. The van der Waals surface area contributed by atoms with E-state index in [0.29, 0.717) is 17.2 Å². The Kier molecular flexibility index (Phi) is 7.13. The zero-order chi connectivity index (χ0) is 20.0. The van der Waals surface area contributed by atoms with Crippen LogP contribution >= 0.6 is 11.3 Å². The average Bonchev–Trinajstić information content (AvgIpc) is 3.01. The van der Waals surface area contributed by atoms with Gasteiger partial charge in [-0.2, -0.15) is 0 Å². The summed E-state index contributed by atoms with van der Waals surface area (Å²) < 4.78 is 5.79. The number of nitrogens with zero attached hydrogens (tertiary/aromatic N) is 1. The number of hydrogen-bond donors (Lipinski definition) is 1. The number of thiazole rings is 1. The quantitative estimate of drug-likeness (QED) is 0.710. The number of hydrogen-bond acceptors (Lipinski definition) is 5. The molecule has 0 fully saturated rings. The van der Waals surface area contributed by atoms with Gasteiger partial charge >= 0.3 is 5.97 Å². The van der Waals surface area contributed by atoms with Crippen molar-refractivity contribution in [3.63, 3.8) is 0 Å². The molecule has 1 amide bonds. The molecular formula is C21H28N2O3S. The Morgan fingerprint density at radius 1 is 1.19 bits per heavy atom. The smallest absolute Gasteiger partial charge is 0.312 e. The Morgan fingerprint density at radius 2 is 1.85 bits per heavy atom. The predicted molar refractivity (Wildman–Crippen MR) is 109 cm³/mol. The predicted octanol–water partition coefficient (Wildman–Crippen LogP) is 4.48. The van der Waals surface area contributed by atoms with Gasteiger partial charge in [-0.15, -0.1) is 11.3 Å². The summed E-state index contributed by atoms with van der Waals surface area (Å²) >= 11 is 1.31. The standard InChI is InChI=1S/C21H28N2O3S/c1-14(2)19(25)23-20-22-16(13-27-20)12-18(24)26-17(21(3,4)5)11-15-9-7-6-8-10-15/h6-10,13-14,17H,11-12H2,1-5H3,(H,22,23,25)/t17-/m0/s1. The van der Waals surface area contributed by atoms with Gasteiger partial charge in [0.25, 0.3) is 0 Å². The Hall–Kier alpha value is -2.21. The van der Waals surface area contributed by atoms with Gasteiger partial charge in [0.15, 0.2) is 5.13 Å². The first kappa shape index (κ1) is 21.1. The zero-order valence-corrected chi connectivity index (χ0v) is 17.4. The van der Waals surface area contributed by atoms with Crippen LogP contribution in [0.1, 0.15) is 45.9 Å². The lowest BCUT2D eigenvalue weighted by Crippen LogP contribution is -2.34. The minimum atomic E-state index is -0.308. The van der Waals surface area contributed by atoms with E-state index in [9.17, 15) is 9.59 Å². The summed E-state index contributed by atoms with van der Waals surface area (Å²) in [6, 6.07) is 10.0. The Bertz CT molecular complexity index is 763. The van der Waals surface area contributed by atoms with Gasteiger partial charge in [0.2, 0.25) is 5.91 Å². The first-order valence-electron chi connectivity index (χ1n) is 9.14. The van der Waals surface area contributed by atoms with Gasteiger partial charge in [-0.1, -0.05) is 65.0 Å². The molecular weight excluding hydrogens is 360 g/mol. The fourth-order valence-electron chi connectivity index (χ4n) is 2.40. The van der Waals surface area contributed by atoms with Gasteiger partial charge in [0.1, 0.15) is 6.10 Å². The Labute approximate surface area is 165 Å². The van der Waals surface area contributed by atoms with Crippen molar-refractivity contribution in [2.45, 2.75) is 53.6 Å². The van der Waals surface area contributed by atoms with E-state index in [0.717, 1.165) is 5.56 Å². The minimum absolute atomic E-state index is 0.0888. The summed E-state index contributed by atoms with van der Waals surface area (Å²) in [6.45, 7) is 9.84. The fraction of sp³-hybridized carbons (Fsp3) is 0.476. The molecule has 1 N–H and O–H groups in total. The van der Waals surface area contributed by atoms with E-state index in [1.54, 1.807) is 5.38 Å². The lowest BCUT2D eigenvalue weighted by molar-refractivity contribution is -0.153. The maximum Gasteiger partial charge on any atom is 0.312 e. The SMILES string of the molecule is CC(C)C(=O)Nc1nc(CC(=O)O[C@@H](Cc2ccccc2)C(C)(C)C)cs1. The van der Waals surface area contributed by atoms with Crippen LogP contribution in [0.4, 0.5) is 5.13 Å². The van der Waals surface area contributed by atoms with E-state index in [2.05, 4.69) is 31.1 Å². The number of carbonyl (C=O) groups excluding carboxylic acids is 2. The number of anilines is 1. The van der Waals surface area contributed by atoms with E-state index in [-0.39, 0.29) is 35.7 Å². The molecule has 6 heteroatoms. The van der Waals surface area contributed by atoms with E-state index in [1.807, 2.05) is 44.2 Å². The van der Waals surface area contributed by atoms with Crippen molar-refractivity contribution in [1.29, 1.82) is 0 Å². The summed E-state index contributed by atoms with van der Waals surface area (Å²) in [5.74, 6) is -0.514. The summed E-state index contributed by atoms with van der Waals surface area (Å²) in [7, 11) is 0. The molecule has 0 aliphatic carbocycles. The number of aromatic nitrogens is 1. The normalized spacial score (nSPS) is 12.7. The maximum atomic E-state index is 12.5. The van der Waals surface area contributed by atoms with Crippen molar-refractivity contribution in [2.75, 3.05) is 5.32 Å². The van der Waals surface area contributed by atoms with Gasteiger partial charge in [0, 0.05) is 17.7 Å². The van der Waals surface area contributed by atoms with Crippen LogP contribution in [0.25, 0.3) is 0 Å². The van der Waals surface area contributed by atoms with Crippen LogP contribution < -0.4 is 5.32 Å². The maximum absolute atomic E-state index is 12.5. The number of benzene rings is 1. The summed E-state index contributed by atoms with van der Waals surface area (Å²) in [5, 5.41) is 5.03. The molecule has 27 heavy (non-hydrogen) atoms. The molecule has 0 radical (unpaired) electrons. The van der Waals surface area contributed by atoms with Crippen molar-refractivity contribution < 1.29 is 14.3 Å². The highest BCUT2D eigenvalue weighted by Gasteiger charge is 2.29. The van der Waals surface area contributed by atoms with Crippen LogP contribution in [-0.4, -0.2) is 23.0 Å². The summed E-state index contributed by atoms with van der Waals surface area (Å²) in [4.78, 5) is 28.5. The van der Waals surface area contributed by atoms with Crippen molar-refractivity contribution in [1.82, 2.24) is 4.98 Å². The lowest BCUT2D eigenvalue weighted by atomic mass is 9.85. The molecule has 1 aromatic heterocycles. The first-order valence-corrected chi connectivity index (χ1v) is 10.0. The van der Waals surface area contributed by atoms with E-state index >= 15 is 0 Å². The zero-order valence-electron chi connectivity index (χ0n) is 16.6. The molecule has 146 valence electrons. The number of amides is 1. The van der Waals surface area contributed by atoms with Gasteiger partial charge in [0.05, 0.1) is 12.1 Å². The summed E-state index contributed by atoms with van der Waals surface area (Å²) in [5.41, 5.74) is 1.57. The van der Waals surface area contributed by atoms with E-state index in [1.165, 1.54) is 11.3 Å². The summed E-state index contributed by atoms with van der Waals surface area (Å²) in [6.07, 6.45) is 0.532. The third kappa shape index (κ3) is 6.79. The second-order valence-electron chi connectivity index (χ2n) is 8.00. The van der Waals surface area contributed by atoms with Gasteiger partial charge in [-0.3, -0.25) is 9.59 Å². The van der Waals surface area contributed by atoms with Gasteiger partial charge in [-0.25, -0.2) is 4.98 Å². The molecule has 0 aliphatic rings. The highest BCUT2D eigenvalue weighted by atomic mass is 32.1. The topological polar surface area (TPSA) is 68.3 Å². The highest BCUT2D eigenvalue weighted by molar-refractivity contribution is 7.13. The van der Waals surface area contributed by atoms with Crippen molar-refractivity contribution in [3.05, 3.63) is 47.0 Å². The molecule has 2 rings (SSSR count). The number of ether oxygens (including phenoxy) is 1. The molecule has 0 aliphatic heterocycles. The van der Waals surface area contributed by atoms with Crippen LogP contribution in [-0.2, 0) is 27.2 Å². The largest absolute Gasteiger partial charge is 0.461 e. The van der Waals surface area contributed by atoms with E-state index in [4.69, 9.17) is 4.74 Å². The van der Waals surface area contributed by atoms with Crippen LogP contribution in [0.15, 0.2) is 35.7 Å². The second kappa shape index (κ2) is 9.13. The second-order valence-corrected chi connectivity index (χ2v) is 8.86. The van der Waals surface area contributed by atoms with Gasteiger partial charge < -0.3 is 10.1 Å². The molecule has 0 bridgehead atoms. The number of esters is 1. The molecule has 5 nitrogen and oxygen atoms in total. The molecule has 0 saturated heterocycles. The van der Waals surface area contributed by atoms with Crippen LogP contribution in [0.3, 0.4) is 0 Å². The molecule has 1 aromatic carbocycles. The molecule has 0 unspecified atom stereocenters. The average molecular weight is 389 g/mol. The monoisotopic (exact) mass is 388 g/mol. The van der Waals surface area contributed by atoms with E-state index < -0.39 is 0 Å². The molecule has 2 aromatic rings. The van der Waals surface area contributed by atoms with Crippen molar-refractivity contribution in [2.24, 2.45) is 11.3 Å². The van der Waals surface area contributed by atoms with Crippen molar-refractivity contribution in [3.8, 4) is 0 Å². The number of nitrogens with one attached hydrogen (secondary N) is 1. The first-order chi connectivity index (χ1) is 12.6. The van der Waals surface area contributed by atoms with Crippen LogP contribution in [0, 0.1) is 11.3 Å². The van der Waals surface area contributed by atoms with Crippen LogP contribution in [0.2, 0.25) is 0 Å². The highest BCUT2D eigenvalue weighted by Crippen LogP contribution is 2.26. The third-order valence-corrected chi connectivity index (χ3v) is 4.94.